The number of hydrogen-bond acceptors (Lipinski definition) is 3. The minimum Gasteiger partial charge on any atom is -0.492 e. The Labute approximate surface area is 132 Å². The van der Waals surface area contributed by atoms with Crippen molar-refractivity contribution in [2.24, 2.45) is 5.73 Å². The first-order valence-corrected chi connectivity index (χ1v) is 7.25. The number of benzene rings is 2. The van der Waals surface area contributed by atoms with Gasteiger partial charge in [-0.3, -0.25) is 4.79 Å². The molecule has 0 aromatic heterocycles. The molecule has 4 nitrogen and oxygen atoms in total. The fourth-order valence-corrected chi connectivity index (χ4v) is 2.61. The van der Waals surface area contributed by atoms with Crippen molar-refractivity contribution in [3.8, 4) is 5.75 Å². The Morgan fingerprint density at radius 3 is 2.74 bits per heavy atom. The highest BCUT2D eigenvalue weighted by Crippen LogP contribution is 2.36. The summed E-state index contributed by atoms with van der Waals surface area (Å²) in [4.78, 5) is 12.5. The SMILES string of the molecule is Cc1cc(NC(=O)c2ccc(F)c3c2OCC[C@@H]3N)ccc1F. The lowest BCUT2D eigenvalue weighted by molar-refractivity contribution is 0.102. The molecule has 3 N–H and O–H groups in total. The van der Waals surface area contributed by atoms with Gasteiger partial charge in [-0.1, -0.05) is 0 Å². The Morgan fingerprint density at radius 1 is 1.26 bits per heavy atom. The highest BCUT2D eigenvalue weighted by molar-refractivity contribution is 6.06. The molecule has 1 amide bonds. The van der Waals surface area contributed by atoms with Crippen molar-refractivity contribution in [1.29, 1.82) is 0 Å². The average Bonchev–Trinajstić information content (AvgIpc) is 2.51. The Hall–Kier alpha value is -2.47. The molecule has 0 spiro atoms. The second-order valence-electron chi connectivity index (χ2n) is 5.50. The third-order valence-corrected chi connectivity index (χ3v) is 3.85. The zero-order valence-electron chi connectivity index (χ0n) is 12.5. The molecule has 2 aromatic carbocycles. The summed E-state index contributed by atoms with van der Waals surface area (Å²) < 4.78 is 32.7. The second-order valence-corrected chi connectivity index (χ2v) is 5.50. The van der Waals surface area contributed by atoms with Gasteiger partial charge in [0.15, 0.2) is 0 Å². The minimum absolute atomic E-state index is 0.181. The van der Waals surface area contributed by atoms with Crippen LogP contribution in [0.2, 0.25) is 0 Å². The van der Waals surface area contributed by atoms with Crippen LogP contribution in [0, 0.1) is 18.6 Å². The Bertz CT molecular complexity index is 777. The fraction of sp³-hybridized carbons (Fsp3) is 0.235. The van der Waals surface area contributed by atoms with E-state index in [4.69, 9.17) is 10.5 Å². The third kappa shape index (κ3) is 2.90. The van der Waals surface area contributed by atoms with Gasteiger partial charge in [-0.2, -0.15) is 0 Å². The molecule has 120 valence electrons. The summed E-state index contributed by atoms with van der Waals surface area (Å²) in [6, 6.07) is 6.33. The van der Waals surface area contributed by atoms with Crippen LogP contribution in [-0.2, 0) is 0 Å². The van der Waals surface area contributed by atoms with E-state index in [2.05, 4.69) is 5.32 Å². The van der Waals surface area contributed by atoms with Crippen LogP contribution in [0.3, 0.4) is 0 Å². The van der Waals surface area contributed by atoms with Crippen molar-refractivity contribution in [3.05, 3.63) is 58.7 Å². The number of anilines is 1. The number of aryl methyl sites for hydroxylation is 1. The summed E-state index contributed by atoms with van der Waals surface area (Å²) in [7, 11) is 0. The maximum atomic E-state index is 14.0. The quantitative estimate of drug-likeness (QED) is 0.893. The standard InChI is InChI=1S/C17H16F2N2O2/c1-9-8-10(2-4-12(9)18)21-17(22)11-3-5-13(19)15-14(20)6-7-23-16(11)15/h2-5,8,14H,6-7,20H2,1H3,(H,21,22)/t14-/m0/s1. The minimum atomic E-state index is -0.500. The molecule has 1 aliphatic rings. The van der Waals surface area contributed by atoms with E-state index in [1.54, 1.807) is 6.92 Å². The van der Waals surface area contributed by atoms with Crippen LogP contribution < -0.4 is 15.8 Å². The molecule has 1 atom stereocenters. The number of fused-ring (bicyclic) bond motifs is 1. The van der Waals surface area contributed by atoms with E-state index in [0.29, 0.717) is 24.3 Å². The van der Waals surface area contributed by atoms with Crippen LogP contribution >= 0.6 is 0 Å². The van der Waals surface area contributed by atoms with Crippen molar-refractivity contribution in [2.45, 2.75) is 19.4 Å². The summed E-state index contributed by atoms with van der Waals surface area (Å²) in [6.07, 6.45) is 0.492. The molecule has 3 rings (SSSR count). The molecule has 0 bridgehead atoms. The average molecular weight is 318 g/mol. The topological polar surface area (TPSA) is 64.3 Å². The van der Waals surface area contributed by atoms with Crippen LogP contribution in [0.15, 0.2) is 30.3 Å². The summed E-state index contributed by atoms with van der Waals surface area (Å²) in [6.45, 7) is 1.93. The summed E-state index contributed by atoms with van der Waals surface area (Å²) in [5.74, 6) is -1.11. The van der Waals surface area contributed by atoms with Gasteiger partial charge in [0.1, 0.15) is 17.4 Å². The molecule has 2 aromatic rings. The summed E-state index contributed by atoms with van der Waals surface area (Å²) in [5.41, 5.74) is 7.21. The molecule has 0 saturated carbocycles. The van der Waals surface area contributed by atoms with E-state index in [1.165, 1.54) is 30.3 Å². The number of halogens is 2. The Kier molecular flexibility index (Phi) is 4.00. The molecule has 0 unspecified atom stereocenters. The molecule has 1 heterocycles. The van der Waals surface area contributed by atoms with E-state index in [-0.39, 0.29) is 22.7 Å². The monoisotopic (exact) mass is 318 g/mol. The van der Waals surface area contributed by atoms with E-state index in [0.717, 1.165) is 0 Å². The lowest BCUT2D eigenvalue weighted by atomic mass is 9.97. The highest BCUT2D eigenvalue weighted by atomic mass is 19.1. The fourth-order valence-electron chi connectivity index (χ4n) is 2.61. The zero-order valence-corrected chi connectivity index (χ0v) is 12.5. The van der Waals surface area contributed by atoms with Crippen molar-refractivity contribution >= 4 is 11.6 Å². The van der Waals surface area contributed by atoms with Crippen LogP contribution in [0.25, 0.3) is 0 Å². The van der Waals surface area contributed by atoms with Crippen LogP contribution in [0.5, 0.6) is 5.75 Å². The van der Waals surface area contributed by atoms with Crippen LogP contribution in [-0.4, -0.2) is 12.5 Å². The maximum absolute atomic E-state index is 14.0. The largest absolute Gasteiger partial charge is 0.492 e. The number of carbonyl (C=O) groups excluding carboxylic acids is 1. The predicted octanol–water partition coefficient (Wildman–Crippen LogP) is 3.31. The summed E-state index contributed by atoms with van der Waals surface area (Å²) in [5, 5.41) is 2.66. The maximum Gasteiger partial charge on any atom is 0.259 e. The smallest absolute Gasteiger partial charge is 0.259 e. The predicted molar refractivity (Wildman–Crippen MR) is 82.5 cm³/mol. The number of ether oxygens (including phenoxy) is 1. The van der Waals surface area contributed by atoms with Gasteiger partial charge in [0.05, 0.1) is 12.2 Å². The molecule has 6 heteroatoms. The van der Waals surface area contributed by atoms with Crippen LogP contribution in [0.1, 0.15) is 33.9 Å². The molecule has 0 radical (unpaired) electrons. The first kappa shape index (κ1) is 15.4. The van der Waals surface area contributed by atoms with Gasteiger partial charge in [-0.25, -0.2) is 8.78 Å². The third-order valence-electron chi connectivity index (χ3n) is 3.85. The van der Waals surface area contributed by atoms with Crippen molar-refractivity contribution in [1.82, 2.24) is 0 Å². The number of hydrogen-bond donors (Lipinski definition) is 2. The van der Waals surface area contributed by atoms with Gasteiger partial charge in [0, 0.05) is 23.7 Å². The zero-order chi connectivity index (χ0) is 16.6. The van der Waals surface area contributed by atoms with Crippen molar-refractivity contribution in [3.63, 3.8) is 0 Å². The molecule has 0 fully saturated rings. The van der Waals surface area contributed by atoms with E-state index >= 15 is 0 Å². The van der Waals surface area contributed by atoms with Gasteiger partial charge in [0.25, 0.3) is 5.91 Å². The van der Waals surface area contributed by atoms with Gasteiger partial charge >= 0.3 is 0 Å². The Morgan fingerprint density at radius 2 is 2.00 bits per heavy atom. The molecule has 0 aliphatic carbocycles. The number of carbonyl (C=O) groups is 1. The molecule has 1 aliphatic heterocycles. The number of rotatable bonds is 2. The van der Waals surface area contributed by atoms with Crippen LogP contribution in [0.4, 0.5) is 14.5 Å². The number of amides is 1. The van der Waals surface area contributed by atoms with Gasteiger partial charge in [-0.05, 0) is 42.8 Å². The lowest BCUT2D eigenvalue weighted by Crippen LogP contribution is -2.25. The number of nitrogens with two attached hydrogens (primary N) is 1. The second kappa shape index (κ2) is 5.96. The molecule has 0 saturated heterocycles. The van der Waals surface area contributed by atoms with Crippen molar-refractivity contribution in [2.75, 3.05) is 11.9 Å². The first-order chi connectivity index (χ1) is 11.0. The molecule has 23 heavy (non-hydrogen) atoms. The normalized spacial score (nSPS) is 16.4. The van der Waals surface area contributed by atoms with E-state index in [9.17, 15) is 13.6 Å². The van der Waals surface area contributed by atoms with Gasteiger partial charge < -0.3 is 15.8 Å². The lowest BCUT2D eigenvalue weighted by Gasteiger charge is -2.25. The summed E-state index contributed by atoms with van der Waals surface area (Å²) >= 11 is 0. The molecular weight excluding hydrogens is 302 g/mol. The van der Waals surface area contributed by atoms with E-state index in [1.807, 2.05) is 0 Å². The first-order valence-electron chi connectivity index (χ1n) is 7.25. The highest BCUT2D eigenvalue weighted by Gasteiger charge is 2.27. The van der Waals surface area contributed by atoms with E-state index < -0.39 is 17.8 Å². The van der Waals surface area contributed by atoms with Gasteiger partial charge in [-0.15, -0.1) is 0 Å². The van der Waals surface area contributed by atoms with Gasteiger partial charge in [0.2, 0.25) is 0 Å². The van der Waals surface area contributed by atoms with Crippen molar-refractivity contribution < 1.29 is 18.3 Å². The number of nitrogens with one attached hydrogen (secondary N) is 1. The molecular formula is C17H16F2N2O2. The Balaban J connectivity index is 1.94.